The molecule has 0 spiro atoms. The van der Waals surface area contributed by atoms with Crippen LogP contribution in [0.15, 0.2) is 35.6 Å². The van der Waals surface area contributed by atoms with Crippen molar-refractivity contribution in [2.24, 2.45) is 4.99 Å². The SMILES string of the molecule is CCNC(=NCc1cccc(CN(C)CC)c1)NCCn1cnnc1CC. The average molecular weight is 372 g/mol. The van der Waals surface area contributed by atoms with Crippen LogP contribution in [0.1, 0.15) is 37.7 Å². The van der Waals surface area contributed by atoms with Crippen molar-refractivity contribution in [3.63, 3.8) is 0 Å². The van der Waals surface area contributed by atoms with Crippen molar-refractivity contribution in [2.75, 3.05) is 26.7 Å². The van der Waals surface area contributed by atoms with Gasteiger partial charge in [0.2, 0.25) is 0 Å². The molecule has 0 unspecified atom stereocenters. The van der Waals surface area contributed by atoms with Gasteiger partial charge in [0, 0.05) is 32.6 Å². The predicted octanol–water partition coefficient (Wildman–Crippen LogP) is 2.05. The molecule has 0 bridgehead atoms. The average Bonchev–Trinajstić information content (AvgIpc) is 3.13. The summed E-state index contributed by atoms with van der Waals surface area (Å²) in [6, 6.07) is 8.66. The van der Waals surface area contributed by atoms with Crippen LogP contribution in [-0.4, -0.2) is 52.3 Å². The fraction of sp³-hybridized carbons (Fsp3) is 0.550. The maximum Gasteiger partial charge on any atom is 0.191 e. The van der Waals surface area contributed by atoms with E-state index in [0.717, 1.165) is 50.9 Å². The van der Waals surface area contributed by atoms with E-state index < -0.39 is 0 Å². The quantitative estimate of drug-likeness (QED) is 0.494. The molecule has 0 aliphatic carbocycles. The van der Waals surface area contributed by atoms with Gasteiger partial charge in [-0.15, -0.1) is 10.2 Å². The lowest BCUT2D eigenvalue weighted by Gasteiger charge is -2.14. The third kappa shape index (κ3) is 7.02. The Bertz CT molecular complexity index is 708. The van der Waals surface area contributed by atoms with E-state index in [9.17, 15) is 0 Å². The lowest BCUT2D eigenvalue weighted by Crippen LogP contribution is -2.38. The van der Waals surface area contributed by atoms with Gasteiger partial charge in [-0.05, 0) is 31.6 Å². The molecule has 2 aromatic rings. The summed E-state index contributed by atoms with van der Waals surface area (Å²) in [4.78, 5) is 7.02. The minimum Gasteiger partial charge on any atom is -0.357 e. The van der Waals surface area contributed by atoms with Crippen LogP contribution >= 0.6 is 0 Å². The van der Waals surface area contributed by atoms with E-state index in [4.69, 9.17) is 4.99 Å². The summed E-state index contributed by atoms with van der Waals surface area (Å²) in [6.07, 6.45) is 2.67. The van der Waals surface area contributed by atoms with Crippen molar-refractivity contribution in [3.05, 3.63) is 47.5 Å². The summed E-state index contributed by atoms with van der Waals surface area (Å²) in [5, 5.41) is 14.8. The first-order valence-corrected chi connectivity index (χ1v) is 9.81. The number of nitrogens with one attached hydrogen (secondary N) is 2. The lowest BCUT2D eigenvalue weighted by atomic mass is 10.1. The number of guanidine groups is 1. The van der Waals surface area contributed by atoms with Gasteiger partial charge in [0.05, 0.1) is 6.54 Å². The first kappa shape index (κ1) is 20.9. The molecule has 27 heavy (non-hydrogen) atoms. The van der Waals surface area contributed by atoms with Crippen molar-refractivity contribution in [1.29, 1.82) is 0 Å². The largest absolute Gasteiger partial charge is 0.357 e. The standard InChI is InChI=1S/C20H33N7/c1-5-19-25-24-16-27(19)12-11-22-20(21-6-2)23-14-17-9-8-10-18(13-17)15-26(4)7-3/h8-10,13,16H,5-7,11-12,14-15H2,1-4H3,(H2,21,22,23). The van der Waals surface area contributed by atoms with Gasteiger partial charge in [-0.1, -0.05) is 38.1 Å². The smallest absolute Gasteiger partial charge is 0.191 e. The number of rotatable bonds is 10. The molecule has 0 fully saturated rings. The summed E-state index contributed by atoms with van der Waals surface area (Å²) in [7, 11) is 2.14. The van der Waals surface area contributed by atoms with Gasteiger partial charge in [0.1, 0.15) is 12.2 Å². The zero-order valence-electron chi connectivity index (χ0n) is 17.1. The van der Waals surface area contributed by atoms with E-state index in [1.807, 2.05) is 0 Å². The molecule has 2 N–H and O–H groups in total. The van der Waals surface area contributed by atoms with Crippen LogP contribution < -0.4 is 10.6 Å². The van der Waals surface area contributed by atoms with E-state index in [-0.39, 0.29) is 0 Å². The highest BCUT2D eigenvalue weighted by atomic mass is 15.3. The molecule has 0 aliphatic heterocycles. The zero-order chi connectivity index (χ0) is 19.5. The first-order chi connectivity index (χ1) is 13.2. The highest BCUT2D eigenvalue weighted by molar-refractivity contribution is 5.79. The second kappa shape index (κ2) is 11.3. The molecule has 0 aliphatic rings. The molecule has 2 rings (SSSR count). The molecule has 1 aromatic heterocycles. The number of hydrogen-bond acceptors (Lipinski definition) is 4. The second-order valence-corrected chi connectivity index (χ2v) is 6.57. The summed E-state index contributed by atoms with van der Waals surface area (Å²) in [5.74, 6) is 1.84. The van der Waals surface area contributed by atoms with E-state index in [2.05, 4.69) is 82.4 Å². The van der Waals surface area contributed by atoms with E-state index in [1.54, 1.807) is 6.33 Å². The van der Waals surface area contributed by atoms with Crippen LogP contribution in [0.3, 0.4) is 0 Å². The summed E-state index contributed by atoms with van der Waals surface area (Å²) in [5.41, 5.74) is 2.55. The Morgan fingerprint density at radius 1 is 1.19 bits per heavy atom. The van der Waals surface area contributed by atoms with Gasteiger partial charge < -0.3 is 20.1 Å². The number of hydrogen-bond donors (Lipinski definition) is 2. The van der Waals surface area contributed by atoms with Crippen molar-refractivity contribution >= 4 is 5.96 Å². The molecular formula is C20H33N7. The third-order valence-corrected chi connectivity index (χ3v) is 4.40. The van der Waals surface area contributed by atoms with Gasteiger partial charge in [-0.25, -0.2) is 4.99 Å². The van der Waals surface area contributed by atoms with Crippen molar-refractivity contribution in [1.82, 2.24) is 30.3 Å². The Balaban J connectivity index is 1.91. The second-order valence-electron chi connectivity index (χ2n) is 6.57. The number of aryl methyl sites for hydroxylation is 1. The molecular weight excluding hydrogens is 338 g/mol. The molecule has 0 radical (unpaired) electrons. The maximum atomic E-state index is 4.73. The molecule has 0 atom stereocenters. The lowest BCUT2D eigenvalue weighted by molar-refractivity contribution is 0.345. The predicted molar refractivity (Wildman–Crippen MR) is 111 cm³/mol. The van der Waals surface area contributed by atoms with Crippen molar-refractivity contribution < 1.29 is 0 Å². The molecule has 7 heteroatoms. The summed E-state index contributed by atoms with van der Waals surface area (Å²) >= 11 is 0. The topological polar surface area (TPSA) is 70.4 Å². The van der Waals surface area contributed by atoms with Crippen LogP contribution in [0.5, 0.6) is 0 Å². The highest BCUT2D eigenvalue weighted by Gasteiger charge is 2.03. The first-order valence-electron chi connectivity index (χ1n) is 9.81. The number of benzene rings is 1. The van der Waals surface area contributed by atoms with E-state index in [1.165, 1.54) is 11.1 Å². The molecule has 0 amide bonds. The van der Waals surface area contributed by atoms with Crippen LogP contribution in [0.2, 0.25) is 0 Å². The molecule has 148 valence electrons. The number of nitrogens with zero attached hydrogens (tertiary/aromatic N) is 5. The maximum absolute atomic E-state index is 4.73. The molecule has 7 nitrogen and oxygen atoms in total. The number of aromatic nitrogens is 3. The molecule has 0 saturated carbocycles. The fourth-order valence-corrected chi connectivity index (χ4v) is 2.80. The van der Waals surface area contributed by atoms with Crippen molar-refractivity contribution in [2.45, 2.75) is 46.8 Å². The van der Waals surface area contributed by atoms with E-state index in [0.29, 0.717) is 6.54 Å². The molecule has 0 saturated heterocycles. The van der Waals surface area contributed by atoms with E-state index >= 15 is 0 Å². The fourth-order valence-electron chi connectivity index (χ4n) is 2.80. The minimum absolute atomic E-state index is 0.659. The Morgan fingerprint density at radius 2 is 2.00 bits per heavy atom. The Morgan fingerprint density at radius 3 is 2.74 bits per heavy atom. The van der Waals surface area contributed by atoms with Gasteiger partial charge in [0.25, 0.3) is 0 Å². The summed E-state index contributed by atoms with van der Waals surface area (Å²) < 4.78 is 2.07. The molecule has 1 heterocycles. The monoisotopic (exact) mass is 371 g/mol. The van der Waals surface area contributed by atoms with Gasteiger partial charge in [-0.3, -0.25) is 0 Å². The van der Waals surface area contributed by atoms with Crippen LogP contribution in [0.4, 0.5) is 0 Å². The van der Waals surface area contributed by atoms with Gasteiger partial charge >= 0.3 is 0 Å². The minimum atomic E-state index is 0.659. The Kier molecular flexibility index (Phi) is 8.77. The zero-order valence-corrected chi connectivity index (χ0v) is 17.1. The normalized spacial score (nSPS) is 11.8. The Hall–Kier alpha value is -2.41. The van der Waals surface area contributed by atoms with Gasteiger partial charge in [0.15, 0.2) is 5.96 Å². The van der Waals surface area contributed by atoms with Crippen LogP contribution in [0, 0.1) is 0 Å². The van der Waals surface area contributed by atoms with Gasteiger partial charge in [-0.2, -0.15) is 0 Å². The highest BCUT2D eigenvalue weighted by Crippen LogP contribution is 2.08. The number of aliphatic imine (C=N–C) groups is 1. The molecule has 1 aromatic carbocycles. The van der Waals surface area contributed by atoms with Crippen molar-refractivity contribution in [3.8, 4) is 0 Å². The van der Waals surface area contributed by atoms with Crippen LogP contribution in [-0.2, 0) is 26.1 Å². The van der Waals surface area contributed by atoms with Crippen LogP contribution in [0.25, 0.3) is 0 Å². The Labute approximate surface area is 162 Å². The summed E-state index contributed by atoms with van der Waals surface area (Å²) in [6.45, 7) is 11.4. The third-order valence-electron chi connectivity index (χ3n) is 4.40.